The average molecular weight is 382 g/mol. The quantitative estimate of drug-likeness (QED) is 0.597. The lowest BCUT2D eigenvalue weighted by atomic mass is 9.95. The smallest absolute Gasteiger partial charge is 0.253 e. The van der Waals surface area contributed by atoms with Gasteiger partial charge in [-0.25, -0.2) is 4.39 Å². The number of halogens is 1. The van der Waals surface area contributed by atoms with E-state index in [2.05, 4.69) is 15.6 Å². The van der Waals surface area contributed by atoms with Crippen LogP contribution in [-0.4, -0.2) is 44.5 Å². The van der Waals surface area contributed by atoms with E-state index in [0.717, 1.165) is 24.0 Å². The summed E-state index contributed by atoms with van der Waals surface area (Å²) in [4.78, 5) is 17.8. The predicted octanol–water partition coefficient (Wildman–Crippen LogP) is 2.92. The number of benzene rings is 2. The van der Waals surface area contributed by atoms with E-state index in [4.69, 9.17) is 0 Å². The third kappa shape index (κ3) is 4.50. The van der Waals surface area contributed by atoms with Crippen molar-refractivity contribution in [1.29, 1.82) is 0 Å². The summed E-state index contributed by atoms with van der Waals surface area (Å²) in [5.41, 5.74) is 2.35. The van der Waals surface area contributed by atoms with Gasteiger partial charge in [0.2, 0.25) is 0 Å². The van der Waals surface area contributed by atoms with Gasteiger partial charge in [0.15, 0.2) is 5.96 Å². The Bertz CT molecular complexity index is 857. The third-order valence-electron chi connectivity index (χ3n) is 5.18. The molecule has 2 aromatic carbocycles. The van der Waals surface area contributed by atoms with Gasteiger partial charge in [-0.1, -0.05) is 30.3 Å². The van der Waals surface area contributed by atoms with Crippen molar-refractivity contribution in [2.75, 3.05) is 27.7 Å². The molecular weight excluding hydrogens is 355 g/mol. The molecule has 5 nitrogen and oxygen atoms in total. The number of hydrogen-bond acceptors (Lipinski definition) is 2. The summed E-state index contributed by atoms with van der Waals surface area (Å²) in [6, 6.07) is 14.5. The van der Waals surface area contributed by atoms with Crippen molar-refractivity contribution >= 4 is 11.9 Å². The molecule has 1 aliphatic carbocycles. The Morgan fingerprint density at radius 3 is 2.36 bits per heavy atom. The molecule has 2 N–H and O–H groups in total. The molecule has 0 spiro atoms. The van der Waals surface area contributed by atoms with Gasteiger partial charge in [-0.2, -0.15) is 0 Å². The van der Waals surface area contributed by atoms with E-state index in [1.807, 2.05) is 36.4 Å². The molecule has 1 amide bonds. The zero-order chi connectivity index (χ0) is 20.1. The zero-order valence-electron chi connectivity index (χ0n) is 16.6. The molecule has 0 aromatic heterocycles. The Hall–Kier alpha value is -2.89. The van der Waals surface area contributed by atoms with Crippen molar-refractivity contribution in [3.63, 3.8) is 0 Å². The number of carbonyl (C=O) groups excluding carboxylic acids is 1. The van der Waals surface area contributed by atoms with Gasteiger partial charge in [-0.3, -0.25) is 9.79 Å². The summed E-state index contributed by atoms with van der Waals surface area (Å²) in [6.07, 6.45) is 1.94. The van der Waals surface area contributed by atoms with Crippen LogP contribution in [0.25, 0.3) is 0 Å². The lowest BCUT2D eigenvalue weighted by Crippen LogP contribution is -2.41. The van der Waals surface area contributed by atoms with E-state index in [9.17, 15) is 9.18 Å². The van der Waals surface area contributed by atoms with E-state index >= 15 is 0 Å². The van der Waals surface area contributed by atoms with Crippen LogP contribution in [0.1, 0.15) is 34.3 Å². The fraction of sp³-hybridized carbons (Fsp3) is 0.364. The Kier molecular flexibility index (Phi) is 5.97. The van der Waals surface area contributed by atoms with Crippen molar-refractivity contribution < 1.29 is 9.18 Å². The van der Waals surface area contributed by atoms with Crippen LogP contribution in [0.5, 0.6) is 0 Å². The van der Waals surface area contributed by atoms with Crippen molar-refractivity contribution in [2.24, 2.45) is 4.99 Å². The molecule has 0 radical (unpaired) electrons. The van der Waals surface area contributed by atoms with Gasteiger partial charge in [0, 0.05) is 45.2 Å². The standard InChI is InChI=1S/C22H27FN4O/c1-24-21(25-14-16-8-10-17(11-9-16)20(28)27(2)3)26-15-22(12-13-22)18-6-4-5-7-19(18)23/h4-11H,12-15H2,1-3H3,(H2,24,25,26). The zero-order valence-corrected chi connectivity index (χ0v) is 16.6. The first-order valence-electron chi connectivity index (χ1n) is 9.45. The molecule has 0 bridgehead atoms. The van der Waals surface area contributed by atoms with Crippen LogP contribution in [0, 0.1) is 5.82 Å². The second kappa shape index (κ2) is 8.42. The van der Waals surface area contributed by atoms with E-state index in [-0.39, 0.29) is 17.1 Å². The van der Waals surface area contributed by atoms with E-state index in [1.165, 1.54) is 6.07 Å². The minimum atomic E-state index is -0.142. The maximum atomic E-state index is 14.1. The minimum absolute atomic E-state index is 0.0140. The van der Waals surface area contributed by atoms with Crippen LogP contribution in [0.2, 0.25) is 0 Å². The molecule has 1 saturated carbocycles. The highest BCUT2D eigenvalue weighted by Gasteiger charge is 2.45. The van der Waals surface area contributed by atoms with Crippen LogP contribution < -0.4 is 10.6 Å². The SMILES string of the molecule is CN=C(NCc1ccc(C(=O)N(C)C)cc1)NCC1(c2ccccc2F)CC1. The molecule has 3 rings (SSSR count). The Balaban J connectivity index is 1.54. The maximum absolute atomic E-state index is 14.1. The molecule has 0 saturated heterocycles. The molecule has 6 heteroatoms. The van der Waals surface area contributed by atoms with E-state index in [0.29, 0.717) is 24.6 Å². The molecule has 0 atom stereocenters. The largest absolute Gasteiger partial charge is 0.356 e. The molecule has 0 aliphatic heterocycles. The molecule has 0 unspecified atom stereocenters. The number of amides is 1. The first-order chi connectivity index (χ1) is 13.4. The number of guanidine groups is 1. The van der Waals surface area contributed by atoms with Crippen LogP contribution >= 0.6 is 0 Å². The summed E-state index contributed by atoms with van der Waals surface area (Å²) in [6.45, 7) is 1.23. The molecule has 0 heterocycles. The lowest BCUT2D eigenvalue weighted by Gasteiger charge is -2.19. The summed E-state index contributed by atoms with van der Waals surface area (Å²) in [7, 11) is 5.19. The van der Waals surface area contributed by atoms with Gasteiger partial charge in [-0.05, 0) is 42.2 Å². The van der Waals surface area contributed by atoms with Crippen LogP contribution in [0.3, 0.4) is 0 Å². The number of nitrogens with zero attached hydrogens (tertiary/aromatic N) is 2. The molecule has 1 aliphatic rings. The first kappa shape index (κ1) is 19.9. The van der Waals surface area contributed by atoms with E-state index < -0.39 is 0 Å². The topological polar surface area (TPSA) is 56.7 Å². The highest BCUT2D eigenvalue weighted by Crippen LogP contribution is 2.48. The fourth-order valence-electron chi connectivity index (χ4n) is 3.27. The maximum Gasteiger partial charge on any atom is 0.253 e. The minimum Gasteiger partial charge on any atom is -0.356 e. The predicted molar refractivity (Wildman–Crippen MR) is 110 cm³/mol. The van der Waals surface area contributed by atoms with Gasteiger partial charge in [0.25, 0.3) is 5.91 Å². The monoisotopic (exact) mass is 382 g/mol. The van der Waals surface area contributed by atoms with Crippen LogP contribution in [-0.2, 0) is 12.0 Å². The van der Waals surface area contributed by atoms with Crippen molar-refractivity contribution in [2.45, 2.75) is 24.8 Å². The first-order valence-corrected chi connectivity index (χ1v) is 9.45. The van der Waals surface area contributed by atoms with Crippen molar-refractivity contribution in [3.8, 4) is 0 Å². The van der Waals surface area contributed by atoms with Crippen LogP contribution in [0.4, 0.5) is 4.39 Å². The summed E-state index contributed by atoms with van der Waals surface area (Å²) < 4.78 is 14.1. The van der Waals surface area contributed by atoms with Crippen molar-refractivity contribution in [3.05, 3.63) is 71.0 Å². The summed E-state index contributed by atoms with van der Waals surface area (Å²) >= 11 is 0. The van der Waals surface area contributed by atoms with Gasteiger partial charge < -0.3 is 15.5 Å². The molecule has 28 heavy (non-hydrogen) atoms. The number of aliphatic imine (C=N–C) groups is 1. The highest BCUT2D eigenvalue weighted by atomic mass is 19.1. The van der Waals surface area contributed by atoms with Gasteiger partial charge in [0.05, 0.1) is 0 Å². The third-order valence-corrected chi connectivity index (χ3v) is 5.18. The van der Waals surface area contributed by atoms with E-state index in [1.54, 1.807) is 32.1 Å². The second-order valence-electron chi connectivity index (χ2n) is 7.44. The molecular formula is C22H27FN4O. The second-order valence-corrected chi connectivity index (χ2v) is 7.44. The molecule has 1 fully saturated rings. The Labute approximate surface area is 165 Å². The van der Waals surface area contributed by atoms with Crippen LogP contribution in [0.15, 0.2) is 53.5 Å². The van der Waals surface area contributed by atoms with Gasteiger partial charge in [-0.15, -0.1) is 0 Å². The Morgan fingerprint density at radius 1 is 1.11 bits per heavy atom. The van der Waals surface area contributed by atoms with Gasteiger partial charge in [0.1, 0.15) is 5.82 Å². The number of rotatable bonds is 6. The number of nitrogens with one attached hydrogen (secondary N) is 2. The summed E-state index contributed by atoms with van der Waals surface area (Å²) in [5, 5.41) is 6.60. The Morgan fingerprint density at radius 2 is 1.79 bits per heavy atom. The highest BCUT2D eigenvalue weighted by molar-refractivity contribution is 5.93. The molecule has 148 valence electrons. The average Bonchev–Trinajstić information content (AvgIpc) is 3.49. The van der Waals surface area contributed by atoms with Gasteiger partial charge >= 0.3 is 0 Å². The summed E-state index contributed by atoms with van der Waals surface area (Å²) in [5.74, 6) is 0.521. The number of carbonyl (C=O) groups is 1. The molecule has 2 aromatic rings. The fourth-order valence-corrected chi connectivity index (χ4v) is 3.27. The number of hydrogen-bond donors (Lipinski definition) is 2. The lowest BCUT2D eigenvalue weighted by molar-refractivity contribution is 0.0827. The van der Waals surface area contributed by atoms with Crippen molar-refractivity contribution in [1.82, 2.24) is 15.5 Å². The normalized spacial score (nSPS) is 15.1.